The molecule has 0 bridgehead atoms. The molecular weight excluding hydrogens is 299 g/mol. The fourth-order valence-electron chi connectivity index (χ4n) is 2.19. The number of nitrogens with zero attached hydrogens (tertiary/aromatic N) is 2. The second-order valence-corrected chi connectivity index (χ2v) is 5.83. The Kier molecular flexibility index (Phi) is 4.89. The highest BCUT2D eigenvalue weighted by atomic mass is 35.5. The van der Waals surface area contributed by atoms with Gasteiger partial charge in [0.25, 0.3) is 5.91 Å². The van der Waals surface area contributed by atoms with Crippen molar-refractivity contribution in [1.29, 1.82) is 0 Å². The zero-order valence-electron chi connectivity index (χ0n) is 11.2. The maximum Gasteiger partial charge on any atom is 0.254 e. The lowest BCUT2D eigenvalue weighted by Crippen LogP contribution is -2.52. The number of carbonyl (C=O) groups excluding carboxylic acids is 2. The summed E-state index contributed by atoms with van der Waals surface area (Å²) in [6, 6.07) is 6.89. The van der Waals surface area contributed by atoms with Crippen LogP contribution in [0, 0.1) is 0 Å². The largest absolute Gasteiger partial charge is 0.338 e. The van der Waals surface area contributed by atoms with Crippen molar-refractivity contribution in [3.05, 3.63) is 34.9 Å². The number of hydrogen-bond donors (Lipinski definition) is 0. The smallest absolute Gasteiger partial charge is 0.254 e. The predicted molar refractivity (Wildman–Crippen MR) is 79.3 cm³/mol. The number of hydrogen-bond acceptors (Lipinski definition) is 2. The van der Waals surface area contributed by atoms with E-state index in [4.69, 9.17) is 23.2 Å². The molecule has 1 aromatic rings. The standard InChI is InChI=1S/C14H16Cl2N2O2/c1-10(15)13(19)17-5-7-18(8-6-17)14(20)11-3-2-4-12(16)9-11/h2-4,9-10H,5-8H2,1H3. The molecule has 1 aliphatic heterocycles. The van der Waals surface area contributed by atoms with Crippen LogP contribution in [0.5, 0.6) is 0 Å². The maximum absolute atomic E-state index is 12.3. The Hall–Kier alpha value is -1.26. The molecule has 1 unspecified atom stereocenters. The van der Waals surface area contributed by atoms with Crippen LogP contribution in [0.25, 0.3) is 0 Å². The lowest BCUT2D eigenvalue weighted by molar-refractivity contribution is -0.131. The summed E-state index contributed by atoms with van der Waals surface area (Å²) in [5.41, 5.74) is 0.572. The Bertz CT molecular complexity index is 512. The summed E-state index contributed by atoms with van der Waals surface area (Å²) in [6.45, 7) is 3.72. The van der Waals surface area contributed by atoms with Crippen molar-refractivity contribution in [2.24, 2.45) is 0 Å². The van der Waals surface area contributed by atoms with E-state index in [0.29, 0.717) is 36.8 Å². The summed E-state index contributed by atoms with van der Waals surface area (Å²) in [7, 11) is 0. The monoisotopic (exact) mass is 314 g/mol. The van der Waals surface area contributed by atoms with Crippen LogP contribution >= 0.6 is 23.2 Å². The first kappa shape index (κ1) is 15.1. The van der Waals surface area contributed by atoms with Crippen molar-refractivity contribution in [3.8, 4) is 0 Å². The predicted octanol–water partition coefficient (Wildman–Crippen LogP) is 2.25. The van der Waals surface area contributed by atoms with Gasteiger partial charge in [-0.1, -0.05) is 17.7 Å². The average Bonchev–Trinajstić information content (AvgIpc) is 2.46. The van der Waals surface area contributed by atoms with E-state index in [2.05, 4.69) is 0 Å². The van der Waals surface area contributed by atoms with Gasteiger partial charge >= 0.3 is 0 Å². The van der Waals surface area contributed by atoms with E-state index in [1.807, 2.05) is 0 Å². The molecule has 4 nitrogen and oxygen atoms in total. The first-order valence-electron chi connectivity index (χ1n) is 6.46. The average molecular weight is 315 g/mol. The molecule has 0 aliphatic carbocycles. The summed E-state index contributed by atoms with van der Waals surface area (Å²) in [5.74, 6) is -0.139. The zero-order valence-corrected chi connectivity index (χ0v) is 12.7. The molecule has 1 saturated heterocycles. The van der Waals surface area contributed by atoms with Gasteiger partial charge in [-0.25, -0.2) is 0 Å². The fourth-order valence-corrected chi connectivity index (χ4v) is 2.51. The molecule has 2 rings (SSSR count). The van der Waals surface area contributed by atoms with Gasteiger partial charge in [-0.15, -0.1) is 11.6 Å². The van der Waals surface area contributed by atoms with Gasteiger partial charge < -0.3 is 9.80 Å². The summed E-state index contributed by atoms with van der Waals surface area (Å²) < 4.78 is 0. The number of benzene rings is 1. The summed E-state index contributed by atoms with van der Waals surface area (Å²) >= 11 is 11.7. The van der Waals surface area contributed by atoms with E-state index in [1.54, 1.807) is 41.0 Å². The van der Waals surface area contributed by atoms with Crippen LogP contribution in [-0.4, -0.2) is 53.2 Å². The molecule has 0 saturated carbocycles. The van der Waals surface area contributed by atoms with E-state index in [9.17, 15) is 9.59 Å². The van der Waals surface area contributed by atoms with Crippen molar-refractivity contribution >= 4 is 35.0 Å². The van der Waals surface area contributed by atoms with Crippen LogP contribution in [0.1, 0.15) is 17.3 Å². The van der Waals surface area contributed by atoms with E-state index >= 15 is 0 Å². The molecule has 6 heteroatoms. The number of amides is 2. The van der Waals surface area contributed by atoms with Gasteiger partial charge in [0, 0.05) is 36.8 Å². The van der Waals surface area contributed by atoms with Crippen molar-refractivity contribution in [1.82, 2.24) is 9.80 Å². The summed E-state index contributed by atoms with van der Waals surface area (Å²) in [4.78, 5) is 27.5. The summed E-state index contributed by atoms with van der Waals surface area (Å²) in [5, 5.41) is 0.0193. The molecule has 2 amide bonds. The Morgan fingerprint density at radius 2 is 1.75 bits per heavy atom. The third-order valence-corrected chi connectivity index (χ3v) is 3.71. The topological polar surface area (TPSA) is 40.6 Å². The van der Waals surface area contributed by atoms with Crippen LogP contribution in [0.2, 0.25) is 5.02 Å². The molecule has 0 aromatic heterocycles. The third kappa shape index (κ3) is 3.44. The van der Waals surface area contributed by atoms with Gasteiger partial charge in [0.05, 0.1) is 0 Å². The zero-order chi connectivity index (χ0) is 14.7. The highest BCUT2D eigenvalue weighted by Crippen LogP contribution is 2.14. The third-order valence-electron chi connectivity index (χ3n) is 3.29. The Labute approximate surface area is 128 Å². The molecule has 0 radical (unpaired) electrons. The van der Waals surface area contributed by atoms with Crippen molar-refractivity contribution in [2.45, 2.75) is 12.3 Å². The van der Waals surface area contributed by atoms with Crippen molar-refractivity contribution < 1.29 is 9.59 Å². The highest BCUT2D eigenvalue weighted by molar-refractivity contribution is 6.31. The van der Waals surface area contributed by atoms with Crippen molar-refractivity contribution in [2.75, 3.05) is 26.2 Å². The number of alkyl halides is 1. The summed E-state index contributed by atoms with van der Waals surface area (Å²) in [6.07, 6.45) is 0. The number of carbonyl (C=O) groups is 2. The molecular formula is C14H16Cl2N2O2. The molecule has 0 N–H and O–H groups in total. The Morgan fingerprint density at radius 3 is 2.30 bits per heavy atom. The Balaban J connectivity index is 1.97. The second-order valence-electron chi connectivity index (χ2n) is 4.74. The molecule has 1 heterocycles. The Morgan fingerprint density at radius 1 is 1.15 bits per heavy atom. The van der Waals surface area contributed by atoms with Gasteiger partial charge in [0.2, 0.25) is 5.91 Å². The van der Waals surface area contributed by atoms with E-state index in [1.165, 1.54) is 0 Å². The quantitative estimate of drug-likeness (QED) is 0.786. The SMILES string of the molecule is CC(Cl)C(=O)N1CCN(C(=O)c2cccc(Cl)c2)CC1. The van der Waals surface area contributed by atoms with Crippen LogP contribution in [0.15, 0.2) is 24.3 Å². The van der Waals surface area contributed by atoms with Crippen LogP contribution < -0.4 is 0 Å². The first-order chi connectivity index (χ1) is 9.49. The number of piperazine rings is 1. The molecule has 1 aromatic carbocycles. The normalized spacial score (nSPS) is 16.9. The van der Waals surface area contributed by atoms with E-state index in [0.717, 1.165) is 0 Å². The van der Waals surface area contributed by atoms with Crippen LogP contribution in [0.4, 0.5) is 0 Å². The maximum atomic E-state index is 12.3. The first-order valence-corrected chi connectivity index (χ1v) is 7.28. The molecule has 1 aliphatic rings. The lowest BCUT2D eigenvalue weighted by Gasteiger charge is -2.35. The molecule has 20 heavy (non-hydrogen) atoms. The van der Waals surface area contributed by atoms with Crippen LogP contribution in [-0.2, 0) is 4.79 Å². The number of halogens is 2. The molecule has 1 fully saturated rings. The molecule has 1 atom stereocenters. The fraction of sp³-hybridized carbons (Fsp3) is 0.429. The minimum absolute atomic E-state index is 0.0569. The van der Waals surface area contributed by atoms with Crippen LogP contribution in [0.3, 0.4) is 0 Å². The minimum Gasteiger partial charge on any atom is -0.338 e. The number of rotatable bonds is 2. The van der Waals surface area contributed by atoms with Gasteiger partial charge in [-0.2, -0.15) is 0 Å². The molecule has 108 valence electrons. The van der Waals surface area contributed by atoms with Gasteiger partial charge in [0.15, 0.2) is 0 Å². The van der Waals surface area contributed by atoms with Gasteiger partial charge in [-0.05, 0) is 25.1 Å². The van der Waals surface area contributed by atoms with Crippen molar-refractivity contribution in [3.63, 3.8) is 0 Å². The lowest BCUT2D eigenvalue weighted by atomic mass is 10.2. The van der Waals surface area contributed by atoms with E-state index in [-0.39, 0.29) is 11.8 Å². The van der Waals surface area contributed by atoms with E-state index < -0.39 is 5.38 Å². The van der Waals surface area contributed by atoms with Gasteiger partial charge in [0.1, 0.15) is 5.38 Å². The second kappa shape index (κ2) is 6.46. The minimum atomic E-state index is -0.523. The highest BCUT2D eigenvalue weighted by Gasteiger charge is 2.26. The molecule has 0 spiro atoms. The van der Waals surface area contributed by atoms with Gasteiger partial charge in [-0.3, -0.25) is 9.59 Å².